The average molecular weight is 467 g/mol. The van der Waals surface area contributed by atoms with Crippen LogP contribution in [0.4, 0.5) is 8.78 Å². The van der Waals surface area contributed by atoms with Gasteiger partial charge in [0.15, 0.2) is 5.17 Å². The number of carbonyl (C=O) groups is 1. The highest BCUT2D eigenvalue weighted by Gasteiger charge is 2.53. The van der Waals surface area contributed by atoms with Crippen LogP contribution in [0.3, 0.4) is 0 Å². The van der Waals surface area contributed by atoms with Gasteiger partial charge in [-0.2, -0.15) is 0 Å². The van der Waals surface area contributed by atoms with Crippen LogP contribution < -0.4 is 5.32 Å². The number of halogens is 3. The molecule has 4 rings (SSSR count). The average Bonchev–Trinajstić information content (AvgIpc) is 3.02. The van der Waals surface area contributed by atoms with Gasteiger partial charge < -0.3 is 10.1 Å². The molecule has 1 N–H and O–H groups in total. The zero-order valence-electron chi connectivity index (χ0n) is 14.9. The van der Waals surface area contributed by atoms with E-state index < -0.39 is 17.2 Å². The Morgan fingerprint density at radius 3 is 2.79 bits per heavy atom. The fourth-order valence-electron chi connectivity index (χ4n) is 3.66. The van der Waals surface area contributed by atoms with Crippen molar-refractivity contribution < 1.29 is 18.3 Å². The van der Waals surface area contributed by atoms with E-state index in [4.69, 9.17) is 9.73 Å². The van der Waals surface area contributed by atoms with E-state index in [1.165, 1.54) is 17.8 Å². The Labute approximate surface area is 173 Å². The number of amidine groups is 1. The van der Waals surface area contributed by atoms with Gasteiger partial charge in [0, 0.05) is 28.9 Å². The van der Waals surface area contributed by atoms with Crippen molar-refractivity contribution in [2.75, 3.05) is 12.4 Å². The summed E-state index contributed by atoms with van der Waals surface area (Å²) < 4.78 is 34.5. The molecule has 0 aromatic heterocycles. The molecule has 0 aliphatic carbocycles. The van der Waals surface area contributed by atoms with Gasteiger partial charge in [-0.15, -0.1) is 0 Å². The van der Waals surface area contributed by atoms with Gasteiger partial charge in [0.05, 0.1) is 17.2 Å². The zero-order valence-corrected chi connectivity index (χ0v) is 17.3. The molecule has 1 amide bonds. The lowest BCUT2D eigenvalue weighted by atomic mass is 9.79. The number of rotatable bonds is 2. The van der Waals surface area contributed by atoms with Gasteiger partial charge in [0.25, 0.3) is 5.91 Å². The van der Waals surface area contributed by atoms with Gasteiger partial charge in [-0.1, -0.05) is 30.0 Å². The maximum atomic E-state index is 14.7. The first kappa shape index (κ1) is 19.5. The molecule has 0 saturated carbocycles. The van der Waals surface area contributed by atoms with Crippen LogP contribution in [0.5, 0.6) is 0 Å². The number of hydrogen-bond donors (Lipinski definition) is 1. The van der Waals surface area contributed by atoms with Crippen LogP contribution in [0.2, 0.25) is 0 Å². The SMILES string of the molecule is CC1OCC2(c3cc(Br)c(F)cc3F)N=C(NC(=O)c3ccccc3)SCC12. The number of benzene rings is 2. The smallest absolute Gasteiger partial charge is 0.257 e. The summed E-state index contributed by atoms with van der Waals surface area (Å²) in [5, 5.41) is 3.22. The first-order valence-electron chi connectivity index (χ1n) is 8.76. The van der Waals surface area contributed by atoms with Crippen molar-refractivity contribution in [3.05, 3.63) is 69.7 Å². The van der Waals surface area contributed by atoms with Crippen LogP contribution in [-0.4, -0.2) is 29.5 Å². The second-order valence-corrected chi connectivity index (χ2v) is 8.70. The zero-order chi connectivity index (χ0) is 19.9. The molecule has 146 valence electrons. The number of nitrogens with zero attached hydrogens (tertiary/aromatic N) is 1. The van der Waals surface area contributed by atoms with Crippen LogP contribution >= 0.6 is 27.7 Å². The highest BCUT2D eigenvalue weighted by atomic mass is 79.9. The molecule has 2 aromatic carbocycles. The first-order valence-corrected chi connectivity index (χ1v) is 10.5. The van der Waals surface area contributed by atoms with E-state index in [0.717, 1.165) is 6.07 Å². The summed E-state index contributed by atoms with van der Waals surface area (Å²) in [6.45, 7) is 2.09. The Morgan fingerprint density at radius 1 is 1.29 bits per heavy atom. The quantitative estimate of drug-likeness (QED) is 0.663. The van der Waals surface area contributed by atoms with E-state index in [-0.39, 0.29) is 34.6 Å². The molecule has 28 heavy (non-hydrogen) atoms. The fourth-order valence-corrected chi connectivity index (χ4v) is 5.28. The summed E-state index contributed by atoms with van der Waals surface area (Å²) in [6.07, 6.45) is -0.133. The van der Waals surface area contributed by atoms with Crippen LogP contribution in [0.15, 0.2) is 51.9 Å². The van der Waals surface area contributed by atoms with Crippen LogP contribution in [0, 0.1) is 17.6 Å². The minimum absolute atomic E-state index is 0.0956. The summed E-state index contributed by atoms with van der Waals surface area (Å²) in [7, 11) is 0. The molecular formula is C20H17BrF2N2O2S. The Hall–Kier alpha value is -1.77. The molecular weight excluding hydrogens is 450 g/mol. The van der Waals surface area contributed by atoms with Crippen LogP contribution in [0.1, 0.15) is 22.8 Å². The number of nitrogens with one attached hydrogen (secondary N) is 1. The van der Waals surface area contributed by atoms with E-state index in [1.54, 1.807) is 24.3 Å². The molecule has 3 unspecified atom stereocenters. The van der Waals surface area contributed by atoms with Crippen molar-refractivity contribution in [2.45, 2.75) is 18.6 Å². The Kier molecular flexibility index (Phi) is 5.28. The topological polar surface area (TPSA) is 50.7 Å². The van der Waals surface area contributed by atoms with Crippen molar-refractivity contribution >= 4 is 38.8 Å². The van der Waals surface area contributed by atoms with Gasteiger partial charge in [0.2, 0.25) is 0 Å². The highest BCUT2D eigenvalue weighted by molar-refractivity contribution is 9.10. The van der Waals surface area contributed by atoms with E-state index in [9.17, 15) is 13.6 Å². The normalized spacial score (nSPS) is 26.5. The molecule has 0 radical (unpaired) electrons. The standard InChI is InChI=1S/C20H17BrF2N2O2S/c1-11-14-9-28-19(24-18(26)12-5-3-2-4-6-12)25-20(14,10-27-11)13-7-15(21)17(23)8-16(13)22/h2-8,11,14H,9-10H2,1H3,(H,24,25,26). The Morgan fingerprint density at radius 2 is 2.04 bits per heavy atom. The van der Waals surface area contributed by atoms with Crippen molar-refractivity contribution in [2.24, 2.45) is 10.9 Å². The Balaban J connectivity index is 1.73. The van der Waals surface area contributed by atoms with Crippen molar-refractivity contribution in [3.8, 4) is 0 Å². The third-order valence-electron chi connectivity index (χ3n) is 5.18. The number of hydrogen-bond acceptors (Lipinski definition) is 4. The van der Waals surface area contributed by atoms with Gasteiger partial charge >= 0.3 is 0 Å². The van der Waals surface area contributed by atoms with Gasteiger partial charge in [-0.3, -0.25) is 4.79 Å². The maximum Gasteiger partial charge on any atom is 0.257 e. The number of fused-ring (bicyclic) bond motifs is 1. The Bertz CT molecular complexity index is 957. The molecule has 3 atom stereocenters. The summed E-state index contributed by atoms with van der Waals surface area (Å²) in [5.41, 5.74) is -0.236. The van der Waals surface area contributed by atoms with Crippen molar-refractivity contribution in [3.63, 3.8) is 0 Å². The maximum absolute atomic E-state index is 14.7. The van der Waals surface area contributed by atoms with Crippen molar-refractivity contribution in [1.29, 1.82) is 0 Å². The molecule has 0 bridgehead atoms. The predicted molar refractivity (Wildman–Crippen MR) is 108 cm³/mol. The monoisotopic (exact) mass is 466 g/mol. The van der Waals surface area contributed by atoms with Gasteiger partial charge in [-0.05, 0) is 41.1 Å². The number of ether oxygens (including phenoxy) is 1. The second-order valence-electron chi connectivity index (χ2n) is 6.84. The lowest BCUT2D eigenvalue weighted by Gasteiger charge is -2.36. The third kappa shape index (κ3) is 3.38. The number of carbonyl (C=O) groups excluding carboxylic acids is 1. The molecule has 2 heterocycles. The summed E-state index contributed by atoms with van der Waals surface area (Å²) >= 11 is 4.54. The van der Waals surface area contributed by atoms with Crippen LogP contribution in [-0.2, 0) is 10.3 Å². The molecule has 4 nitrogen and oxygen atoms in total. The van der Waals surface area contributed by atoms with Gasteiger partial charge in [-0.25, -0.2) is 13.8 Å². The molecule has 8 heteroatoms. The van der Waals surface area contributed by atoms with E-state index in [2.05, 4.69) is 21.2 Å². The predicted octanol–water partition coefficient (Wildman–Crippen LogP) is 4.49. The molecule has 2 aromatic rings. The first-order chi connectivity index (χ1) is 13.4. The third-order valence-corrected chi connectivity index (χ3v) is 6.78. The largest absolute Gasteiger partial charge is 0.375 e. The number of thioether (sulfide) groups is 1. The lowest BCUT2D eigenvalue weighted by molar-refractivity contribution is 0.0977. The van der Waals surface area contributed by atoms with E-state index in [1.807, 2.05) is 13.0 Å². The van der Waals surface area contributed by atoms with Crippen molar-refractivity contribution in [1.82, 2.24) is 5.32 Å². The number of amides is 1. The highest BCUT2D eigenvalue weighted by Crippen LogP contribution is 2.48. The fraction of sp³-hybridized carbons (Fsp3) is 0.300. The summed E-state index contributed by atoms with van der Waals surface area (Å²) in [6, 6.07) is 11.1. The molecule has 2 aliphatic heterocycles. The minimum Gasteiger partial charge on any atom is -0.375 e. The molecule has 0 spiro atoms. The van der Waals surface area contributed by atoms with E-state index in [0.29, 0.717) is 16.5 Å². The van der Waals surface area contributed by atoms with E-state index >= 15 is 0 Å². The summed E-state index contributed by atoms with van der Waals surface area (Å²) in [4.78, 5) is 17.2. The molecule has 1 saturated heterocycles. The van der Waals surface area contributed by atoms with Gasteiger partial charge in [0.1, 0.15) is 17.2 Å². The summed E-state index contributed by atoms with van der Waals surface area (Å²) in [5.74, 6) is -1.13. The lowest BCUT2D eigenvalue weighted by Crippen LogP contribution is -2.44. The second kappa shape index (κ2) is 7.57. The minimum atomic E-state index is -1.01. The molecule has 1 fully saturated rings. The van der Waals surface area contributed by atoms with Crippen LogP contribution in [0.25, 0.3) is 0 Å². The molecule has 2 aliphatic rings. The number of aliphatic imine (C=N–C) groups is 1.